The Bertz CT molecular complexity index is 896. The van der Waals surface area contributed by atoms with E-state index in [1.165, 1.54) is 0 Å². The number of thiocarbonyl (C=S) groups is 1. The maximum Gasteiger partial charge on any atom is 0.467 e. The number of nitrogens with one attached hydrogen (secondary N) is 2. The van der Waals surface area contributed by atoms with Crippen LogP contribution in [-0.2, 0) is 10.6 Å². The average molecular weight is 491 g/mol. The van der Waals surface area contributed by atoms with Gasteiger partial charge in [-0.25, -0.2) is 0 Å². The van der Waals surface area contributed by atoms with Crippen LogP contribution in [0, 0.1) is 19.3 Å². The third kappa shape index (κ3) is 8.27. The summed E-state index contributed by atoms with van der Waals surface area (Å²) >= 11 is 4.80. The summed E-state index contributed by atoms with van der Waals surface area (Å²) in [5.41, 5.74) is 5.99. The number of hydrogen-bond acceptors (Lipinski definition) is 7. The van der Waals surface area contributed by atoms with E-state index in [1.807, 2.05) is 19.9 Å². The molecule has 0 saturated heterocycles. The SMILES string of the molecule is Cc1cc(OC(=S)NC(N)C2=CN=C(C(C)(C)C)CN2)c(C)cc1CCOSC(F)(F)F. The molecule has 4 N–H and O–H groups in total. The molecule has 1 aliphatic rings. The van der Waals surface area contributed by atoms with E-state index in [2.05, 4.69) is 40.6 Å². The summed E-state index contributed by atoms with van der Waals surface area (Å²) in [7, 11) is 0. The third-order valence-electron chi connectivity index (χ3n) is 4.74. The van der Waals surface area contributed by atoms with Crippen LogP contribution in [-0.4, -0.2) is 35.7 Å². The zero-order valence-electron chi connectivity index (χ0n) is 18.7. The van der Waals surface area contributed by atoms with Gasteiger partial charge in [0.2, 0.25) is 0 Å². The average Bonchev–Trinajstić information content (AvgIpc) is 2.67. The van der Waals surface area contributed by atoms with Gasteiger partial charge in [0.15, 0.2) is 0 Å². The molecule has 0 aliphatic carbocycles. The molecule has 1 aromatic carbocycles. The van der Waals surface area contributed by atoms with Crippen LogP contribution in [0.4, 0.5) is 13.2 Å². The summed E-state index contributed by atoms with van der Waals surface area (Å²) in [5, 5.41) is 6.28. The third-order valence-corrected chi connectivity index (χ3v) is 5.41. The molecule has 1 atom stereocenters. The molecule has 0 amide bonds. The molecule has 0 aromatic heterocycles. The van der Waals surface area contributed by atoms with Crippen LogP contribution in [0.2, 0.25) is 0 Å². The minimum absolute atomic E-state index is 0.0319. The Morgan fingerprint density at radius 1 is 1.28 bits per heavy atom. The quantitative estimate of drug-likeness (QED) is 0.225. The molecule has 178 valence electrons. The molecule has 0 spiro atoms. The second-order valence-electron chi connectivity index (χ2n) is 8.42. The number of rotatable bonds is 7. The monoisotopic (exact) mass is 490 g/mol. The molecule has 32 heavy (non-hydrogen) atoms. The summed E-state index contributed by atoms with van der Waals surface area (Å²) in [6.07, 6.45) is 1.42. The molecule has 1 unspecified atom stereocenters. The number of alkyl halides is 3. The Hall–Kier alpha value is -1.82. The van der Waals surface area contributed by atoms with Crippen molar-refractivity contribution in [3.05, 3.63) is 40.7 Å². The van der Waals surface area contributed by atoms with Crippen LogP contribution >= 0.6 is 24.3 Å². The fourth-order valence-electron chi connectivity index (χ4n) is 2.90. The van der Waals surface area contributed by atoms with Gasteiger partial charge in [0, 0.05) is 17.3 Å². The van der Waals surface area contributed by atoms with Gasteiger partial charge in [-0.2, -0.15) is 13.2 Å². The minimum Gasteiger partial charge on any atom is -0.432 e. The molecule has 0 radical (unpaired) electrons. The van der Waals surface area contributed by atoms with Crippen LogP contribution in [0.25, 0.3) is 0 Å². The zero-order chi connectivity index (χ0) is 24.1. The first-order valence-electron chi connectivity index (χ1n) is 9.99. The van der Waals surface area contributed by atoms with Crippen LogP contribution in [0.5, 0.6) is 5.75 Å². The van der Waals surface area contributed by atoms with Crippen LogP contribution in [0.15, 0.2) is 29.0 Å². The number of nitrogens with two attached hydrogens (primary N) is 1. The van der Waals surface area contributed by atoms with Crippen molar-refractivity contribution in [1.29, 1.82) is 0 Å². The van der Waals surface area contributed by atoms with Gasteiger partial charge in [0.1, 0.15) is 24.0 Å². The molecular weight excluding hydrogens is 461 g/mol. The van der Waals surface area contributed by atoms with E-state index in [1.54, 1.807) is 12.3 Å². The second-order valence-corrected chi connectivity index (χ2v) is 9.66. The lowest BCUT2D eigenvalue weighted by Gasteiger charge is -2.28. The Morgan fingerprint density at radius 3 is 2.53 bits per heavy atom. The van der Waals surface area contributed by atoms with Crippen molar-refractivity contribution in [1.82, 2.24) is 10.6 Å². The number of aliphatic imine (C=N–C) groups is 1. The predicted octanol–water partition coefficient (Wildman–Crippen LogP) is 4.50. The van der Waals surface area contributed by atoms with E-state index in [-0.39, 0.29) is 17.2 Å². The molecule has 1 aromatic rings. The van der Waals surface area contributed by atoms with Crippen molar-refractivity contribution in [3.63, 3.8) is 0 Å². The highest BCUT2D eigenvalue weighted by Gasteiger charge is 2.30. The van der Waals surface area contributed by atoms with Gasteiger partial charge in [-0.05, 0) is 55.2 Å². The zero-order valence-corrected chi connectivity index (χ0v) is 20.4. The number of hydrogen-bond donors (Lipinski definition) is 3. The summed E-state index contributed by atoms with van der Waals surface area (Å²) in [6.45, 7) is 10.5. The summed E-state index contributed by atoms with van der Waals surface area (Å²) in [5.74, 6) is 0.542. The van der Waals surface area contributed by atoms with E-state index in [9.17, 15) is 13.2 Å². The van der Waals surface area contributed by atoms with Gasteiger partial charge in [-0.15, -0.1) is 0 Å². The maximum absolute atomic E-state index is 12.2. The molecular formula is C21H29F3N4O2S2. The van der Waals surface area contributed by atoms with Gasteiger partial charge >= 0.3 is 5.51 Å². The Morgan fingerprint density at radius 2 is 1.97 bits per heavy atom. The van der Waals surface area contributed by atoms with Crippen molar-refractivity contribution in [2.75, 3.05) is 13.2 Å². The Labute approximate surface area is 196 Å². The predicted molar refractivity (Wildman–Crippen MR) is 127 cm³/mol. The van der Waals surface area contributed by atoms with Gasteiger partial charge in [0.05, 0.1) is 18.8 Å². The molecule has 0 fully saturated rings. The first-order valence-corrected chi connectivity index (χ1v) is 11.1. The fourth-order valence-corrected chi connectivity index (χ4v) is 3.41. The van der Waals surface area contributed by atoms with Gasteiger partial charge < -0.3 is 25.3 Å². The topological polar surface area (TPSA) is 80.9 Å². The smallest absolute Gasteiger partial charge is 0.432 e. The van der Waals surface area contributed by atoms with Gasteiger partial charge in [-0.1, -0.05) is 26.8 Å². The second kappa shape index (κ2) is 10.9. The fraction of sp³-hybridized carbons (Fsp3) is 0.524. The normalized spacial score (nSPS) is 15.4. The van der Waals surface area contributed by atoms with Crippen molar-refractivity contribution in [3.8, 4) is 5.75 Å². The van der Waals surface area contributed by atoms with E-state index in [0.717, 1.165) is 22.4 Å². The number of aryl methyl sites for hydroxylation is 2. The molecule has 6 nitrogen and oxygen atoms in total. The lowest BCUT2D eigenvalue weighted by atomic mass is 9.89. The van der Waals surface area contributed by atoms with Crippen molar-refractivity contribution < 1.29 is 22.1 Å². The molecule has 2 rings (SSSR count). The number of ether oxygens (including phenoxy) is 1. The molecule has 11 heteroatoms. The molecule has 0 bridgehead atoms. The highest BCUT2D eigenvalue weighted by molar-refractivity contribution is 7.95. The number of benzene rings is 1. The Kier molecular flexibility index (Phi) is 8.98. The molecule has 0 saturated carbocycles. The molecule has 1 heterocycles. The number of halogens is 3. The van der Waals surface area contributed by atoms with Gasteiger partial charge in [-0.3, -0.25) is 4.99 Å². The van der Waals surface area contributed by atoms with E-state index < -0.39 is 23.7 Å². The van der Waals surface area contributed by atoms with Gasteiger partial charge in [0.25, 0.3) is 5.17 Å². The Balaban J connectivity index is 1.93. The van der Waals surface area contributed by atoms with Crippen LogP contribution in [0.1, 0.15) is 37.5 Å². The van der Waals surface area contributed by atoms with Crippen molar-refractivity contribution in [2.45, 2.75) is 52.7 Å². The maximum atomic E-state index is 12.2. The largest absolute Gasteiger partial charge is 0.467 e. The summed E-state index contributed by atoms with van der Waals surface area (Å²) < 4.78 is 46.8. The van der Waals surface area contributed by atoms with Crippen LogP contribution in [0.3, 0.4) is 0 Å². The van der Waals surface area contributed by atoms with Crippen molar-refractivity contribution >= 4 is 35.1 Å². The van der Waals surface area contributed by atoms with E-state index in [0.29, 0.717) is 24.4 Å². The first-order chi connectivity index (χ1) is 14.8. The lowest BCUT2D eigenvalue weighted by Crippen LogP contribution is -2.49. The summed E-state index contributed by atoms with van der Waals surface area (Å²) in [6, 6.07) is 3.64. The summed E-state index contributed by atoms with van der Waals surface area (Å²) in [4.78, 5) is 4.49. The molecule has 1 aliphatic heterocycles. The van der Waals surface area contributed by atoms with Crippen molar-refractivity contribution in [2.24, 2.45) is 16.1 Å². The standard InChI is InChI=1S/C21H29F3N4O2S2/c1-12-9-16(13(2)8-14(12)6-7-29-32-21(22,23)24)30-19(31)28-18(25)15-10-27-17(11-26-15)20(3,4)5/h8-10,18,26H,6-7,11,25H2,1-5H3,(H,28,31). The minimum atomic E-state index is -4.41. The highest BCUT2D eigenvalue weighted by atomic mass is 32.2. The number of nitrogens with zero attached hydrogens (tertiary/aromatic N) is 1. The first kappa shape index (κ1) is 26.4. The van der Waals surface area contributed by atoms with E-state index >= 15 is 0 Å². The lowest BCUT2D eigenvalue weighted by molar-refractivity contribution is -0.0396. The van der Waals surface area contributed by atoms with Crippen LogP contribution < -0.4 is 21.1 Å². The highest BCUT2D eigenvalue weighted by Crippen LogP contribution is 2.31. The van der Waals surface area contributed by atoms with E-state index in [4.69, 9.17) is 22.7 Å².